The summed E-state index contributed by atoms with van der Waals surface area (Å²) < 4.78 is 6.51. The predicted molar refractivity (Wildman–Crippen MR) is 123 cm³/mol. The van der Waals surface area contributed by atoms with E-state index in [0.29, 0.717) is 35.1 Å². The van der Waals surface area contributed by atoms with Gasteiger partial charge in [-0.05, 0) is 60.6 Å². The van der Waals surface area contributed by atoms with Crippen molar-refractivity contribution in [2.45, 2.75) is 13.8 Å². The molecule has 0 fully saturated rings. The Morgan fingerprint density at radius 2 is 1.79 bits per heavy atom. The Balaban J connectivity index is 2.05. The SMILES string of the molecule is CC(C)COc1ccc(Br)cc1C(=O)NC(=S)Nc1ccc(C(=O)N(C)C)cc1. The molecule has 0 unspecified atom stereocenters. The number of halogens is 1. The van der Waals surface area contributed by atoms with Crippen molar-refractivity contribution in [3.05, 3.63) is 58.1 Å². The zero-order chi connectivity index (χ0) is 21.6. The van der Waals surface area contributed by atoms with Crippen LogP contribution in [0, 0.1) is 5.92 Å². The van der Waals surface area contributed by atoms with Gasteiger partial charge in [-0.15, -0.1) is 0 Å². The highest BCUT2D eigenvalue weighted by atomic mass is 79.9. The fraction of sp³-hybridized carbons (Fsp3) is 0.286. The lowest BCUT2D eigenvalue weighted by Gasteiger charge is -2.15. The van der Waals surface area contributed by atoms with Gasteiger partial charge in [-0.3, -0.25) is 14.9 Å². The van der Waals surface area contributed by atoms with E-state index in [1.807, 2.05) is 19.9 Å². The Morgan fingerprint density at radius 1 is 1.14 bits per heavy atom. The molecule has 2 aromatic carbocycles. The van der Waals surface area contributed by atoms with Crippen molar-refractivity contribution in [1.82, 2.24) is 10.2 Å². The molecule has 0 aliphatic carbocycles. The molecule has 0 spiro atoms. The largest absolute Gasteiger partial charge is 0.492 e. The number of benzene rings is 2. The van der Waals surface area contributed by atoms with Crippen molar-refractivity contribution in [2.75, 3.05) is 26.0 Å². The monoisotopic (exact) mass is 477 g/mol. The van der Waals surface area contributed by atoms with Crippen LogP contribution in [0.5, 0.6) is 5.75 Å². The predicted octanol–water partition coefficient (Wildman–Crippen LogP) is 4.31. The highest BCUT2D eigenvalue weighted by molar-refractivity contribution is 9.10. The van der Waals surface area contributed by atoms with Crippen LogP contribution in [0.25, 0.3) is 0 Å². The summed E-state index contributed by atoms with van der Waals surface area (Å²) in [6, 6.07) is 12.1. The second-order valence-electron chi connectivity index (χ2n) is 7.03. The Morgan fingerprint density at radius 3 is 2.38 bits per heavy atom. The average molecular weight is 478 g/mol. The summed E-state index contributed by atoms with van der Waals surface area (Å²) in [5.74, 6) is 0.367. The van der Waals surface area contributed by atoms with Crippen LogP contribution in [0.15, 0.2) is 46.9 Å². The van der Waals surface area contributed by atoms with Gasteiger partial charge in [0.1, 0.15) is 5.75 Å². The van der Waals surface area contributed by atoms with E-state index in [9.17, 15) is 9.59 Å². The number of rotatable bonds is 6. The average Bonchev–Trinajstić information content (AvgIpc) is 2.66. The normalized spacial score (nSPS) is 10.4. The molecule has 2 N–H and O–H groups in total. The van der Waals surface area contributed by atoms with Crippen molar-refractivity contribution in [3.63, 3.8) is 0 Å². The first-order valence-electron chi connectivity index (χ1n) is 9.03. The minimum Gasteiger partial charge on any atom is -0.492 e. The molecule has 2 aromatic rings. The van der Waals surface area contributed by atoms with Crippen molar-refractivity contribution >= 4 is 50.8 Å². The maximum absolute atomic E-state index is 12.7. The van der Waals surface area contributed by atoms with Crippen LogP contribution in [-0.4, -0.2) is 42.5 Å². The lowest BCUT2D eigenvalue weighted by atomic mass is 10.2. The molecule has 0 aliphatic rings. The first-order valence-corrected chi connectivity index (χ1v) is 10.2. The van der Waals surface area contributed by atoms with Gasteiger partial charge < -0.3 is 15.0 Å². The van der Waals surface area contributed by atoms with Crippen LogP contribution in [0.3, 0.4) is 0 Å². The Labute approximate surface area is 184 Å². The maximum atomic E-state index is 12.7. The van der Waals surface area contributed by atoms with Gasteiger partial charge in [-0.25, -0.2) is 0 Å². The summed E-state index contributed by atoms with van der Waals surface area (Å²) >= 11 is 8.63. The summed E-state index contributed by atoms with van der Waals surface area (Å²) in [5.41, 5.74) is 1.61. The number of amides is 2. The summed E-state index contributed by atoms with van der Waals surface area (Å²) in [6.07, 6.45) is 0. The molecule has 0 aromatic heterocycles. The highest BCUT2D eigenvalue weighted by Gasteiger charge is 2.15. The molecule has 2 amide bonds. The second-order valence-corrected chi connectivity index (χ2v) is 8.35. The lowest BCUT2D eigenvalue weighted by Crippen LogP contribution is -2.34. The second kappa shape index (κ2) is 10.4. The number of anilines is 1. The van der Waals surface area contributed by atoms with E-state index >= 15 is 0 Å². The van der Waals surface area contributed by atoms with Crippen LogP contribution < -0.4 is 15.4 Å². The van der Waals surface area contributed by atoms with Gasteiger partial charge in [-0.2, -0.15) is 0 Å². The van der Waals surface area contributed by atoms with Crippen LogP contribution in [0.1, 0.15) is 34.6 Å². The fourth-order valence-corrected chi connectivity index (χ4v) is 2.92. The van der Waals surface area contributed by atoms with E-state index < -0.39 is 0 Å². The molecule has 154 valence electrons. The van der Waals surface area contributed by atoms with Gasteiger partial charge in [0.15, 0.2) is 5.11 Å². The van der Waals surface area contributed by atoms with Crippen LogP contribution in [-0.2, 0) is 0 Å². The molecule has 0 saturated carbocycles. The third-order valence-corrected chi connectivity index (χ3v) is 4.48. The standard InChI is InChI=1S/C21H24BrN3O3S/c1-13(2)12-28-18-10-7-15(22)11-17(18)19(26)24-21(29)23-16-8-5-14(6-9-16)20(27)25(3)4/h5-11,13H,12H2,1-4H3,(H2,23,24,26,29). The van der Waals surface area contributed by atoms with Gasteiger partial charge in [0, 0.05) is 29.8 Å². The number of thiocarbonyl (C=S) groups is 1. The third-order valence-electron chi connectivity index (χ3n) is 3.78. The molecule has 2 rings (SSSR count). The van der Waals surface area contributed by atoms with Gasteiger partial charge in [0.25, 0.3) is 11.8 Å². The van der Waals surface area contributed by atoms with Crippen molar-refractivity contribution in [3.8, 4) is 5.75 Å². The Bertz CT molecular complexity index is 899. The number of ether oxygens (including phenoxy) is 1. The smallest absolute Gasteiger partial charge is 0.261 e. The van der Waals surface area contributed by atoms with Crippen molar-refractivity contribution in [1.29, 1.82) is 0 Å². The summed E-state index contributed by atoms with van der Waals surface area (Å²) in [4.78, 5) is 26.1. The van der Waals surface area contributed by atoms with Crippen molar-refractivity contribution < 1.29 is 14.3 Å². The molecular formula is C21H24BrN3O3S. The van der Waals surface area contributed by atoms with Gasteiger partial charge >= 0.3 is 0 Å². The molecule has 0 saturated heterocycles. The zero-order valence-corrected chi connectivity index (χ0v) is 19.2. The first-order chi connectivity index (χ1) is 13.7. The number of nitrogens with one attached hydrogen (secondary N) is 2. The molecule has 29 heavy (non-hydrogen) atoms. The van der Waals surface area contributed by atoms with Crippen LogP contribution in [0.2, 0.25) is 0 Å². The van der Waals surface area contributed by atoms with Crippen molar-refractivity contribution in [2.24, 2.45) is 5.92 Å². The Hall–Kier alpha value is -2.45. The fourth-order valence-electron chi connectivity index (χ4n) is 2.35. The number of nitrogens with zero attached hydrogens (tertiary/aromatic N) is 1. The van der Waals surface area contributed by atoms with E-state index in [2.05, 4.69) is 26.6 Å². The lowest BCUT2D eigenvalue weighted by molar-refractivity contribution is 0.0827. The molecule has 6 nitrogen and oxygen atoms in total. The summed E-state index contributed by atoms with van der Waals surface area (Å²) in [5, 5.41) is 5.75. The van der Waals surface area contributed by atoms with E-state index in [-0.39, 0.29) is 16.9 Å². The molecule has 0 radical (unpaired) electrons. The quantitative estimate of drug-likeness (QED) is 0.606. The first kappa shape index (κ1) is 22.8. The molecule has 0 heterocycles. The van der Waals surface area contributed by atoms with Gasteiger partial charge in [0.2, 0.25) is 0 Å². The van der Waals surface area contributed by atoms with E-state index in [4.69, 9.17) is 17.0 Å². The number of hydrogen-bond acceptors (Lipinski definition) is 4. The Kier molecular flexibility index (Phi) is 8.16. The number of hydrogen-bond donors (Lipinski definition) is 2. The van der Waals surface area contributed by atoms with Gasteiger partial charge in [0.05, 0.1) is 12.2 Å². The highest BCUT2D eigenvalue weighted by Crippen LogP contribution is 2.24. The van der Waals surface area contributed by atoms with E-state index in [0.717, 1.165) is 4.47 Å². The summed E-state index contributed by atoms with van der Waals surface area (Å²) in [6.45, 7) is 4.58. The van der Waals surface area contributed by atoms with E-state index in [1.165, 1.54) is 4.90 Å². The number of carbonyl (C=O) groups is 2. The minimum absolute atomic E-state index is 0.0870. The molecular weight excluding hydrogens is 454 g/mol. The topological polar surface area (TPSA) is 70.7 Å². The van der Waals surface area contributed by atoms with Crippen LogP contribution >= 0.6 is 28.1 Å². The number of carbonyl (C=O) groups excluding carboxylic acids is 2. The minimum atomic E-state index is -0.373. The molecule has 0 atom stereocenters. The molecule has 0 bridgehead atoms. The molecule has 0 aliphatic heterocycles. The van der Waals surface area contributed by atoms with E-state index in [1.54, 1.807) is 50.5 Å². The molecule has 8 heteroatoms. The zero-order valence-electron chi connectivity index (χ0n) is 16.8. The summed E-state index contributed by atoms with van der Waals surface area (Å²) in [7, 11) is 3.39. The van der Waals surface area contributed by atoms with Crippen LogP contribution in [0.4, 0.5) is 5.69 Å². The maximum Gasteiger partial charge on any atom is 0.261 e. The van der Waals surface area contributed by atoms with Gasteiger partial charge in [-0.1, -0.05) is 29.8 Å². The third kappa shape index (κ3) is 6.83.